The van der Waals surface area contributed by atoms with Crippen molar-refractivity contribution >= 4 is 35.4 Å². The normalized spacial score (nSPS) is 12.3. The Morgan fingerprint density at radius 1 is 0.976 bits per heavy atom. The van der Waals surface area contributed by atoms with E-state index < -0.39 is 17.9 Å². The van der Waals surface area contributed by atoms with Crippen molar-refractivity contribution in [3.8, 4) is 22.6 Å². The lowest BCUT2D eigenvalue weighted by molar-refractivity contribution is -0.139. The summed E-state index contributed by atoms with van der Waals surface area (Å²) in [7, 11) is 0. The summed E-state index contributed by atoms with van der Waals surface area (Å²) >= 11 is 3.40. The van der Waals surface area contributed by atoms with Crippen molar-refractivity contribution in [3.63, 3.8) is 0 Å². The Labute approximate surface area is 251 Å². The van der Waals surface area contributed by atoms with E-state index in [4.69, 9.17) is 14.2 Å². The van der Waals surface area contributed by atoms with Crippen LogP contribution in [0.4, 0.5) is 0 Å². The van der Waals surface area contributed by atoms with Gasteiger partial charge in [0.15, 0.2) is 11.5 Å². The van der Waals surface area contributed by atoms with Gasteiger partial charge < -0.3 is 24.6 Å². The van der Waals surface area contributed by atoms with Crippen LogP contribution < -0.4 is 14.8 Å². The number of carbonyl (C=O) groups is 2. The van der Waals surface area contributed by atoms with Crippen LogP contribution in [0.5, 0.6) is 11.5 Å². The molecule has 1 amide bonds. The van der Waals surface area contributed by atoms with Crippen LogP contribution in [0.25, 0.3) is 11.1 Å². The number of fused-ring (bicyclic) bond motifs is 1. The zero-order valence-corrected chi connectivity index (χ0v) is 25.7. The molecule has 2 N–H and O–H groups in total. The Morgan fingerprint density at radius 2 is 1.71 bits per heavy atom. The number of nitrogens with one attached hydrogen (secondary N) is 1. The number of carboxylic acid groups (broad SMARTS) is 1. The molecule has 3 aromatic carbocycles. The van der Waals surface area contributed by atoms with Gasteiger partial charge in [0.25, 0.3) is 5.91 Å². The third-order valence-corrected chi connectivity index (χ3v) is 7.73. The Kier molecular flexibility index (Phi) is 13.4. The van der Waals surface area contributed by atoms with Gasteiger partial charge in [-0.15, -0.1) is 0 Å². The van der Waals surface area contributed by atoms with E-state index in [1.165, 1.54) is 5.75 Å². The number of carboxylic acids is 1. The molecule has 0 aromatic heterocycles. The summed E-state index contributed by atoms with van der Waals surface area (Å²) < 4.78 is 16.7. The van der Waals surface area contributed by atoms with Crippen molar-refractivity contribution < 1.29 is 28.9 Å². The third-order valence-electron chi connectivity index (χ3n) is 6.51. The molecule has 0 aliphatic carbocycles. The monoisotopic (exact) mass is 597 g/mol. The topological polar surface area (TPSA) is 94.1 Å². The number of benzene rings is 3. The molecule has 0 saturated carbocycles. The van der Waals surface area contributed by atoms with Gasteiger partial charge in [-0.25, -0.2) is 4.79 Å². The van der Waals surface area contributed by atoms with Gasteiger partial charge >= 0.3 is 5.97 Å². The Balaban J connectivity index is 0.00000108. The smallest absolute Gasteiger partial charge is 0.326 e. The molecule has 9 heteroatoms. The van der Waals surface area contributed by atoms with E-state index in [-0.39, 0.29) is 6.79 Å². The number of thioether (sulfide) groups is 2. The summed E-state index contributed by atoms with van der Waals surface area (Å²) in [4.78, 5) is 24.9. The minimum absolute atomic E-state index is 0.251. The second-order valence-electron chi connectivity index (χ2n) is 9.41. The molecular weight excluding hydrogens is 558 g/mol. The van der Waals surface area contributed by atoms with Gasteiger partial charge in [0.1, 0.15) is 6.04 Å². The second-order valence-corrected chi connectivity index (χ2v) is 11.5. The fourth-order valence-corrected chi connectivity index (χ4v) is 4.65. The average molecular weight is 598 g/mol. The van der Waals surface area contributed by atoms with Crippen LogP contribution in [-0.2, 0) is 22.6 Å². The van der Waals surface area contributed by atoms with Crippen LogP contribution in [-0.4, -0.2) is 60.4 Å². The van der Waals surface area contributed by atoms with Crippen LogP contribution in [0.3, 0.4) is 0 Å². The summed E-state index contributed by atoms with van der Waals surface area (Å²) in [6, 6.07) is 18.3. The fourth-order valence-electron chi connectivity index (χ4n) is 4.18. The largest absolute Gasteiger partial charge is 0.480 e. The number of rotatable bonds is 13. The van der Waals surface area contributed by atoms with Gasteiger partial charge in [-0.2, -0.15) is 23.5 Å². The van der Waals surface area contributed by atoms with E-state index in [0.717, 1.165) is 45.7 Å². The molecule has 0 radical (unpaired) electrons. The highest BCUT2D eigenvalue weighted by Gasteiger charge is 2.23. The first-order valence-electron chi connectivity index (χ1n) is 13.5. The van der Waals surface area contributed by atoms with Gasteiger partial charge in [0.2, 0.25) is 6.79 Å². The standard InChI is InChI=1S/C29H31NO6S.C3H8S/c1-19-5-3-4-6-22(19)24-15-21(7-9-23(24)28(31)30-25(29(32)33)12-14-37-2)17-34-13-11-20-8-10-26-27(16-20)36-18-35-26;1-3-4-2/h3-10,15-16,25H,11-14,17-18H2,1-2H3,(H,30,31)(H,32,33);3H2,1-2H3. The van der Waals surface area contributed by atoms with E-state index in [1.807, 2.05) is 79.5 Å². The van der Waals surface area contributed by atoms with Gasteiger partial charge in [0.05, 0.1) is 13.2 Å². The maximum atomic E-state index is 13.2. The predicted octanol–water partition coefficient (Wildman–Crippen LogP) is 6.46. The molecule has 1 aliphatic rings. The second kappa shape index (κ2) is 17.0. The molecule has 4 rings (SSSR count). The van der Waals surface area contributed by atoms with Crippen LogP contribution in [0, 0.1) is 6.92 Å². The first kappa shape index (κ1) is 32.4. The van der Waals surface area contributed by atoms with Crippen molar-refractivity contribution in [2.75, 3.05) is 37.4 Å². The number of aryl methyl sites for hydroxylation is 1. The first-order valence-corrected chi connectivity index (χ1v) is 16.3. The number of carbonyl (C=O) groups excluding carboxylic acids is 1. The maximum Gasteiger partial charge on any atom is 0.326 e. The molecular formula is C32H39NO6S2. The highest BCUT2D eigenvalue weighted by Crippen LogP contribution is 2.33. The molecule has 1 aliphatic heterocycles. The molecule has 220 valence electrons. The van der Waals surface area contributed by atoms with Crippen LogP contribution in [0.1, 0.15) is 40.4 Å². The molecule has 0 spiro atoms. The lowest BCUT2D eigenvalue weighted by Gasteiger charge is -2.18. The minimum atomic E-state index is -1.03. The van der Waals surface area contributed by atoms with Gasteiger partial charge in [-0.05, 0) is 95.9 Å². The summed E-state index contributed by atoms with van der Waals surface area (Å²) in [6.07, 6.45) is 5.10. The van der Waals surface area contributed by atoms with Gasteiger partial charge in [-0.3, -0.25) is 4.79 Å². The van der Waals surface area contributed by atoms with Crippen molar-refractivity contribution in [3.05, 3.63) is 82.9 Å². The number of aliphatic carboxylic acids is 1. The molecule has 1 atom stereocenters. The summed E-state index contributed by atoms with van der Waals surface area (Å²) in [5.41, 5.74) is 5.17. The molecule has 3 aromatic rings. The summed E-state index contributed by atoms with van der Waals surface area (Å²) in [5, 5.41) is 12.3. The Hall–Kier alpha value is -3.14. The van der Waals surface area contributed by atoms with Gasteiger partial charge in [-0.1, -0.05) is 43.3 Å². The van der Waals surface area contributed by atoms with E-state index in [0.29, 0.717) is 31.0 Å². The van der Waals surface area contributed by atoms with E-state index in [9.17, 15) is 14.7 Å². The minimum Gasteiger partial charge on any atom is -0.480 e. The first-order chi connectivity index (χ1) is 19.9. The van der Waals surface area contributed by atoms with Crippen LogP contribution >= 0.6 is 23.5 Å². The lowest BCUT2D eigenvalue weighted by Crippen LogP contribution is -2.41. The number of ether oxygens (including phenoxy) is 3. The van der Waals surface area contributed by atoms with Crippen molar-refractivity contribution in [2.24, 2.45) is 0 Å². The van der Waals surface area contributed by atoms with Gasteiger partial charge in [0, 0.05) is 5.56 Å². The Morgan fingerprint density at radius 3 is 2.41 bits per heavy atom. The number of amides is 1. The van der Waals surface area contributed by atoms with Crippen LogP contribution in [0.15, 0.2) is 60.7 Å². The van der Waals surface area contributed by atoms with Crippen molar-refractivity contribution in [2.45, 2.75) is 39.3 Å². The average Bonchev–Trinajstić information content (AvgIpc) is 3.45. The van der Waals surface area contributed by atoms with E-state index in [2.05, 4.69) is 18.5 Å². The quantitative estimate of drug-likeness (QED) is 0.217. The highest BCUT2D eigenvalue weighted by molar-refractivity contribution is 7.98. The lowest BCUT2D eigenvalue weighted by atomic mass is 9.93. The molecule has 0 bridgehead atoms. The summed E-state index contributed by atoms with van der Waals surface area (Å²) in [5.74, 6) is 1.96. The maximum absolute atomic E-state index is 13.2. The molecule has 0 saturated heterocycles. The van der Waals surface area contributed by atoms with Crippen LogP contribution in [0.2, 0.25) is 0 Å². The van der Waals surface area contributed by atoms with E-state index >= 15 is 0 Å². The molecule has 1 unspecified atom stereocenters. The number of hydrogen-bond acceptors (Lipinski definition) is 7. The molecule has 1 heterocycles. The zero-order valence-electron chi connectivity index (χ0n) is 24.1. The predicted molar refractivity (Wildman–Crippen MR) is 168 cm³/mol. The highest BCUT2D eigenvalue weighted by atomic mass is 32.2. The van der Waals surface area contributed by atoms with Crippen molar-refractivity contribution in [1.82, 2.24) is 5.32 Å². The van der Waals surface area contributed by atoms with Crippen molar-refractivity contribution in [1.29, 1.82) is 0 Å². The van der Waals surface area contributed by atoms with E-state index in [1.54, 1.807) is 17.8 Å². The zero-order chi connectivity index (χ0) is 29.6. The summed E-state index contributed by atoms with van der Waals surface area (Å²) in [6.45, 7) is 5.30. The fraction of sp³-hybridized carbons (Fsp3) is 0.375. The Bertz CT molecular complexity index is 1300. The SMILES string of the molecule is CCSC.CSCCC(NC(=O)c1ccc(COCCc2ccc3c(c2)OCO3)cc1-c1ccccc1C)C(=O)O. The molecule has 0 fully saturated rings. The third kappa shape index (κ3) is 9.73. The molecule has 41 heavy (non-hydrogen) atoms. The molecule has 7 nitrogen and oxygen atoms in total. The number of hydrogen-bond donors (Lipinski definition) is 2.